The number of aryl methyl sites for hydroxylation is 1. The number of hydrogen-bond acceptors (Lipinski definition) is 4. The number of aromatic nitrogens is 1. The van der Waals surface area contributed by atoms with Crippen molar-refractivity contribution in [1.82, 2.24) is 10.3 Å². The quantitative estimate of drug-likeness (QED) is 0.929. The third-order valence-corrected chi connectivity index (χ3v) is 4.73. The number of hydrogen-bond donors (Lipinski definition) is 1. The third kappa shape index (κ3) is 2.90. The lowest BCUT2D eigenvalue weighted by atomic mass is 10.1. The third-order valence-electron chi connectivity index (χ3n) is 3.65. The molecule has 1 aromatic carbocycles. The zero-order valence-electron chi connectivity index (χ0n) is 11.5. The van der Waals surface area contributed by atoms with Crippen LogP contribution in [-0.4, -0.2) is 31.2 Å². The van der Waals surface area contributed by atoms with Crippen LogP contribution in [0, 0.1) is 0 Å². The van der Waals surface area contributed by atoms with E-state index in [1.165, 1.54) is 34.7 Å². The van der Waals surface area contributed by atoms with E-state index >= 15 is 0 Å². The van der Waals surface area contributed by atoms with Crippen LogP contribution in [0.15, 0.2) is 18.2 Å². The topological polar surface area (TPSA) is 28.2 Å². The van der Waals surface area contributed by atoms with E-state index in [2.05, 4.69) is 35.3 Å². The molecule has 1 N–H and O–H groups in total. The largest absolute Gasteiger partial charge is 0.346 e. The Hall–Kier alpha value is -1.13. The van der Waals surface area contributed by atoms with Crippen LogP contribution in [0.4, 0.5) is 5.13 Å². The van der Waals surface area contributed by atoms with Gasteiger partial charge in [-0.05, 0) is 30.5 Å². The van der Waals surface area contributed by atoms with Gasteiger partial charge in [0.1, 0.15) is 0 Å². The summed E-state index contributed by atoms with van der Waals surface area (Å²) in [7, 11) is 0. The Morgan fingerprint density at radius 1 is 1.32 bits per heavy atom. The van der Waals surface area contributed by atoms with Gasteiger partial charge in [0.15, 0.2) is 5.13 Å². The molecule has 1 aromatic heterocycles. The lowest BCUT2D eigenvalue weighted by molar-refractivity contribution is 0.588. The van der Waals surface area contributed by atoms with Gasteiger partial charge in [0.05, 0.1) is 10.2 Å². The van der Waals surface area contributed by atoms with Gasteiger partial charge in [-0.2, -0.15) is 0 Å². The van der Waals surface area contributed by atoms with E-state index in [-0.39, 0.29) is 0 Å². The molecular weight excluding hydrogens is 254 g/mol. The molecule has 0 spiro atoms. The van der Waals surface area contributed by atoms with Gasteiger partial charge in [0.25, 0.3) is 0 Å². The first-order valence-electron chi connectivity index (χ1n) is 7.22. The summed E-state index contributed by atoms with van der Waals surface area (Å²) in [4.78, 5) is 7.17. The summed E-state index contributed by atoms with van der Waals surface area (Å²) in [6.45, 7) is 6.52. The van der Waals surface area contributed by atoms with Crippen LogP contribution in [-0.2, 0) is 6.42 Å². The highest BCUT2D eigenvalue weighted by molar-refractivity contribution is 7.22. The lowest BCUT2D eigenvalue weighted by Crippen LogP contribution is -2.43. The van der Waals surface area contributed by atoms with E-state index < -0.39 is 0 Å². The first-order chi connectivity index (χ1) is 9.36. The number of thiazole rings is 1. The fourth-order valence-electron chi connectivity index (χ4n) is 2.48. The number of benzene rings is 1. The van der Waals surface area contributed by atoms with Crippen LogP contribution < -0.4 is 10.2 Å². The Labute approximate surface area is 118 Å². The maximum absolute atomic E-state index is 4.77. The van der Waals surface area contributed by atoms with Gasteiger partial charge in [0.2, 0.25) is 0 Å². The van der Waals surface area contributed by atoms with Gasteiger partial charge in [-0.15, -0.1) is 0 Å². The SMILES string of the molecule is CCCCc1ccc2nc(N3CCNCC3)sc2c1. The minimum atomic E-state index is 1.07. The molecule has 3 rings (SSSR count). The van der Waals surface area contributed by atoms with Gasteiger partial charge in [-0.1, -0.05) is 30.7 Å². The summed E-state index contributed by atoms with van der Waals surface area (Å²) in [5, 5.41) is 4.57. The van der Waals surface area contributed by atoms with Crippen molar-refractivity contribution in [3.63, 3.8) is 0 Å². The van der Waals surface area contributed by atoms with Crippen LogP contribution in [0.2, 0.25) is 0 Å². The lowest BCUT2D eigenvalue weighted by Gasteiger charge is -2.26. The van der Waals surface area contributed by atoms with Crippen LogP contribution in [0.25, 0.3) is 10.2 Å². The van der Waals surface area contributed by atoms with E-state index in [1.807, 2.05) is 11.3 Å². The molecule has 2 heterocycles. The second kappa shape index (κ2) is 5.88. The summed E-state index contributed by atoms with van der Waals surface area (Å²) < 4.78 is 1.34. The molecule has 0 unspecified atom stereocenters. The van der Waals surface area contributed by atoms with E-state index in [1.54, 1.807) is 0 Å². The van der Waals surface area contributed by atoms with Crippen molar-refractivity contribution in [2.45, 2.75) is 26.2 Å². The molecule has 0 saturated carbocycles. The smallest absolute Gasteiger partial charge is 0.186 e. The Kier molecular flexibility index (Phi) is 3.99. The molecule has 2 aromatic rings. The molecule has 0 radical (unpaired) electrons. The highest BCUT2D eigenvalue weighted by Gasteiger charge is 2.14. The normalized spacial score (nSPS) is 16.2. The second-order valence-corrected chi connectivity index (χ2v) is 6.15. The van der Waals surface area contributed by atoms with Crippen molar-refractivity contribution in [3.8, 4) is 0 Å². The van der Waals surface area contributed by atoms with Crippen molar-refractivity contribution in [1.29, 1.82) is 0 Å². The number of unbranched alkanes of at least 4 members (excludes halogenated alkanes) is 1. The fraction of sp³-hybridized carbons (Fsp3) is 0.533. The predicted molar refractivity (Wildman–Crippen MR) is 83.3 cm³/mol. The van der Waals surface area contributed by atoms with Crippen LogP contribution in [0.3, 0.4) is 0 Å². The summed E-state index contributed by atoms with van der Waals surface area (Å²) in [6.07, 6.45) is 3.72. The van der Waals surface area contributed by atoms with Crippen molar-refractivity contribution < 1.29 is 0 Å². The zero-order valence-corrected chi connectivity index (χ0v) is 12.3. The zero-order chi connectivity index (χ0) is 13.1. The first-order valence-corrected chi connectivity index (χ1v) is 8.03. The number of anilines is 1. The summed E-state index contributed by atoms with van der Waals surface area (Å²) in [5.41, 5.74) is 2.60. The van der Waals surface area contributed by atoms with E-state index in [4.69, 9.17) is 4.98 Å². The highest BCUT2D eigenvalue weighted by atomic mass is 32.1. The molecule has 0 bridgehead atoms. The molecule has 1 aliphatic rings. The van der Waals surface area contributed by atoms with Crippen molar-refractivity contribution in [2.75, 3.05) is 31.1 Å². The Bertz CT molecular complexity index is 543. The molecule has 102 valence electrons. The number of piperazine rings is 1. The molecule has 0 atom stereocenters. The van der Waals surface area contributed by atoms with E-state index in [0.29, 0.717) is 0 Å². The van der Waals surface area contributed by atoms with Gasteiger partial charge < -0.3 is 10.2 Å². The average molecular weight is 275 g/mol. The van der Waals surface area contributed by atoms with Crippen LogP contribution in [0.5, 0.6) is 0 Å². The fourth-order valence-corrected chi connectivity index (χ4v) is 3.57. The molecule has 0 amide bonds. The molecule has 3 nitrogen and oxygen atoms in total. The van der Waals surface area contributed by atoms with Crippen LogP contribution >= 0.6 is 11.3 Å². The van der Waals surface area contributed by atoms with E-state index in [9.17, 15) is 0 Å². The summed E-state index contributed by atoms with van der Waals surface area (Å²) in [5.74, 6) is 0. The molecule has 1 saturated heterocycles. The Balaban J connectivity index is 1.83. The molecule has 1 fully saturated rings. The van der Waals surface area contributed by atoms with Crippen molar-refractivity contribution in [2.24, 2.45) is 0 Å². The van der Waals surface area contributed by atoms with Gasteiger partial charge in [0, 0.05) is 26.2 Å². The standard InChI is InChI=1S/C15H21N3S/c1-2-3-4-12-5-6-13-14(11-12)19-15(17-13)18-9-7-16-8-10-18/h5-6,11,16H,2-4,7-10H2,1H3. The Morgan fingerprint density at radius 2 is 2.16 bits per heavy atom. The van der Waals surface area contributed by atoms with E-state index in [0.717, 1.165) is 31.7 Å². The maximum atomic E-state index is 4.77. The van der Waals surface area contributed by atoms with Gasteiger partial charge >= 0.3 is 0 Å². The molecular formula is C15H21N3S. The van der Waals surface area contributed by atoms with Gasteiger partial charge in [-0.25, -0.2) is 4.98 Å². The minimum absolute atomic E-state index is 1.07. The molecule has 0 aliphatic carbocycles. The molecule has 1 aliphatic heterocycles. The van der Waals surface area contributed by atoms with Crippen molar-refractivity contribution >= 4 is 26.7 Å². The second-order valence-electron chi connectivity index (χ2n) is 5.14. The number of rotatable bonds is 4. The predicted octanol–water partition coefficient (Wildman–Crippen LogP) is 3.05. The number of nitrogens with zero attached hydrogens (tertiary/aromatic N) is 2. The summed E-state index contributed by atoms with van der Waals surface area (Å²) >= 11 is 1.84. The number of fused-ring (bicyclic) bond motifs is 1. The number of nitrogens with one attached hydrogen (secondary N) is 1. The minimum Gasteiger partial charge on any atom is -0.346 e. The van der Waals surface area contributed by atoms with Crippen LogP contribution in [0.1, 0.15) is 25.3 Å². The summed E-state index contributed by atoms with van der Waals surface area (Å²) in [6, 6.07) is 6.75. The average Bonchev–Trinajstić information content (AvgIpc) is 2.89. The maximum Gasteiger partial charge on any atom is 0.186 e. The monoisotopic (exact) mass is 275 g/mol. The molecule has 19 heavy (non-hydrogen) atoms. The van der Waals surface area contributed by atoms with Crippen molar-refractivity contribution in [3.05, 3.63) is 23.8 Å². The highest BCUT2D eigenvalue weighted by Crippen LogP contribution is 2.30. The Morgan fingerprint density at radius 3 is 2.95 bits per heavy atom. The molecule has 4 heteroatoms. The first kappa shape index (κ1) is 12.9. The van der Waals surface area contributed by atoms with Gasteiger partial charge in [-0.3, -0.25) is 0 Å².